The Labute approximate surface area is 172 Å². The highest BCUT2D eigenvalue weighted by atomic mass is 16.2. The maximum absolute atomic E-state index is 13.4. The minimum Gasteiger partial charge on any atom is -0.356 e. The molecule has 0 unspecified atom stereocenters. The number of hydrogen-bond donors (Lipinski definition) is 2. The van der Waals surface area contributed by atoms with Crippen LogP contribution in [-0.4, -0.2) is 71.8 Å². The fourth-order valence-electron chi connectivity index (χ4n) is 5.29. The smallest absolute Gasteiger partial charge is 0.243 e. The molecule has 3 heterocycles. The summed E-state index contributed by atoms with van der Waals surface area (Å²) in [7, 11) is 2.00. The third-order valence-electron chi connectivity index (χ3n) is 7.33. The lowest BCUT2D eigenvalue weighted by atomic mass is 9.94. The number of likely N-dealkylation sites (tertiary alicyclic amines) is 2. The van der Waals surface area contributed by atoms with Crippen LogP contribution in [0.3, 0.4) is 0 Å². The number of rotatable bonds is 7. The van der Waals surface area contributed by atoms with E-state index in [4.69, 9.17) is 0 Å². The predicted octanol–water partition coefficient (Wildman–Crippen LogP) is 0.386. The van der Waals surface area contributed by atoms with E-state index in [1.807, 2.05) is 7.05 Å². The number of nitrogens with zero attached hydrogens (tertiary/aromatic N) is 3. The van der Waals surface area contributed by atoms with E-state index in [0.29, 0.717) is 38.3 Å². The highest BCUT2D eigenvalue weighted by Crippen LogP contribution is 2.41. The van der Waals surface area contributed by atoms with Crippen LogP contribution in [-0.2, 0) is 14.4 Å². The van der Waals surface area contributed by atoms with Gasteiger partial charge in [0.1, 0.15) is 17.6 Å². The van der Waals surface area contributed by atoms with Gasteiger partial charge in [0.05, 0.1) is 6.07 Å². The summed E-state index contributed by atoms with van der Waals surface area (Å²) in [5.41, 5.74) is -0.446. The van der Waals surface area contributed by atoms with Crippen molar-refractivity contribution in [1.82, 2.24) is 20.4 Å². The van der Waals surface area contributed by atoms with Crippen molar-refractivity contribution in [1.29, 1.82) is 5.26 Å². The van der Waals surface area contributed by atoms with E-state index in [0.717, 1.165) is 38.6 Å². The van der Waals surface area contributed by atoms with Crippen LogP contribution in [0.25, 0.3) is 0 Å². The number of carbonyl (C=O) groups is 3. The Morgan fingerprint density at radius 1 is 1.28 bits per heavy atom. The van der Waals surface area contributed by atoms with Gasteiger partial charge in [-0.15, -0.1) is 0 Å². The largest absolute Gasteiger partial charge is 0.356 e. The number of amides is 3. The van der Waals surface area contributed by atoms with Crippen LogP contribution >= 0.6 is 0 Å². The molecule has 4 atom stereocenters. The van der Waals surface area contributed by atoms with Gasteiger partial charge in [-0.3, -0.25) is 19.3 Å². The molecule has 3 amide bonds. The van der Waals surface area contributed by atoms with Gasteiger partial charge in [0.15, 0.2) is 0 Å². The Bertz CT molecular complexity index is 730. The van der Waals surface area contributed by atoms with Gasteiger partial charge < -0.3 is 15.5 Å². The predicted molar refractivity (Wildman–Crippen MR) is 105 cm³/mol. The van der Waals surface area contributed by atoms with Gasteiger partial charge >= 0.3 is 0 Å². The van der Waals surface area contributed by atoms with E-state index in [-0.39, 0.29) is 23.6 Å². The Hall–Kier alpha value is -2.14. The summed E-state index contributed by atoms with van der Waals surface area (Å²) >= 11 is 0. The van der Waals surface area contributed by atoms with Crippen molar-refractivity contribution in [3.05, 3.63) is 0 Å². The molecule has 0 aromatic carbocycles. The normalized spacial score (nSPS) is 31.7. The van der Waals surface area contributed by atoms with Crippen LogP contribution in [0.15, 0.2) is 0 Å². The molecule has 1 aliphatic carbocycles. The first-order valence-corrected chi connectivity index (χ1v) is 10.9. The summed E-state index contributed by atoms with van der Waals surface area (Å²) in [6.07, 6.45) is 6.51. The molecule has 8 heteroatoms. The zero-order chi connectivity index (χ0) is 20.6. The second-order valence-corrected chi connectivity index (χ2v) is 9.20. The topological polar surface area (TPSA) is 106 Å². The van der Waals surface area contributed by atoms with Gasteiger partial charge in [0, 0.05) is 19.0 Å². The average molecular weight is 402 g/mol. The van der Waals surface area contributed by atoms with Crippen LogP contribution in [0.1, 0.15) is 51.4 Å². The summed E-state index contributed by atoms with van der Waals surface area (Å²) in [5.74, 6) is 0.0352. The van der Waals surface area contributed by atoms with E-state index in [9.17, 15) is 19.6 Å². The maximum atomic E-state index is 13.4. The lowest BCUT2D eigenvalue weighted by Gasteiger charge is -2.33. The lowest BCUT2D eigenvalue weighted by Crippen LogP contribution is -2.55. The lowest BCUT2D eigenvalue weighted by molar-refractivity contribution is -0.143. The Morgan fingerprint density at radius 2 is 2.07 bits per heavy atom. The molecule has 158 valence electrons. The Kier molecular flexibility index (Phi) is 5.52. The molecular formula is C21H31N5O3. The summed E-state index contributed by atoms with van der Waals surface area (Å²) in [4.78, 5) is 42.3. The minimum absolute atomic E-state index is 0.0463. The first-order chi connectivity index (χ1) is 13.9. The standard InChI is InChI=1S/C21H31N5O3/c1-25-9-2-6-21(25)7-10-26(20(21)29)17(11-14-3-4-14)19(28)24-16(13-22)12-15-5-8-23-18(15)27/h14-17H,2-12H2,1H3,(H,23,27)(H,24,28)/t15-,16-,17+,21+/m0/s1. The van der Waals surface area contributed by atoms with Crippen molar-refractivity contribution in [2.24, 2.45) is 11.8 Å². The molecule has 4 aliphatic rings. The number of carbonyl (C=O) groups excluding carboxylic acids is 3. The summed E-state index contributed by atoms with van der Waals surface area (Å²) in [6.45, 7) is 2.13. The van der Waals surface area contributed by atoms with E-state index in [1.54, 1.807) is 4.90 Å². The van der Waals surface area contributed by atoms with Crippen LogP contribution < -0.4 is 10.6 Å². The third kappa shape index (κ3) is 3.85. The van der Waals surface area contributed by atoms with Crippen LogP contribution in [0.2, 0.25) is 0 Å². The number of hydrogen-bond acceptors (Lipinski definition) is 5. The van der Waals surface area contributed by atoms with Gasteiger partial charge in [0.25, 0.3) is 0 Å². The monoisotopic (exact) mass is 401 g/mol. The molecule has 3 aliphatic heterocycles. The number of likely N-dealkylation sites (N-methyl/N-ethyl adjacent to an activating group) is 1. The molecule has 0 aromatic heterocycles. The zero-order valence-electron chi connectivity index (χ0n) is 17.2. The molecule has 1 saturated carbocycles. The van der Waals surface area contributed by atoms with Gasteiger partial charge in [-0.2, -0.15) is 5.26 Å². The van der Waals surface area contributed by atoms with Crippen molar-refractivity contribution in [3.8, 4) is 6.07 Å². The van der Waals surface area contributed by atoms with Crippen molar-refractivity contribution in [2.75, 3.05) is 26.7 Å². The number of nitrogens with one attached hydrogen (secondary N) is 2. The molecule has 0 radical (unpaired) electrons. The van der Waals surface area contributed by atoms with E-state index < -0.39 is 17.6 Å². The summed E-state index contributed by atoms with van der Waals surface area (Å²) in [6, 6.07) is 0.912. The van der Waals surface area contributed by atoms with E-state index in [1.165, 1.54) is 0 Å². The molecule has 29 heavy (non-hydrogen) atoms. The van der Waals surface area contributed by atoms with Gasteiger partial charge in [0.2, 0.25) is 17.7 Å². The van der Waals surface area contributed by atoms with Crippen molar-refractivity contribution >= 4 is 17.7 Å². The van der Waals surface area contributed by atoms with Gasteiger partial charge in [-0.25, -0.2) is 0 Å². The molecule has 3 saturated heterocycles. The molecule has 4 fully saturated rings. The fraction of sp³-hybridized carbons (Fsp3) is 0.810. The maximum Gasteiger partial charge on any atom is 0.243 e. The third-order valence-corrected chi connectivity index (χ3v) is 7.33. The highest BCUT2D eigenvalue weighted by Gasteiger charge is 2.54. The molecular weight excluding hydrogens is 370 g/mol. The molecule has 1 spiro atoms. The molecule has 8 nitrogen and oxygen atoms in total. The first kappa shape index (κ1) is 20.1. The van der Waals surface area contributed by atoms with Crippen LogP contribution in [0.4, 0.5) is 0 Å². The quantitative estimate of drug-likeness (QED) is 0.642. The van der Waals surface area contributed by atoms with Crippen molar-refractivity contribution in [3.63, 3.8) is 0 Å². The number of nitriles is 1. The zero-order valence-corrected chi connectivity index (χ0v) is 17.2. The first-order valence-electron chi connectivity index (χ1n) is 10.9. The molecule has 0 bridgehead atoms. The molecule has 0 aromatic rings. The molecule has 2 N–H and O–H groups in total. The summed E-state index contributed by atoms with van der Waals surface area (Å²) in [5, 5.41) is 15.2. The Morgan fingerprint density at radius 3 is 2.66 bits per heavy atom. The SMILES string of the molecule is CN1CCC[C@]12CCN([C@H](CC1CC1)C(=O)N[C@H](C#N)C[C@@H]1CCNC1=O)C2=O. The average Bonchev–Trinajstić information content (AvgIpc) is 3.19. The van der Waals surface area contributed by atoms with Crippen molar-refractivity contribution < 1.29 is 14.4 Å². The second-order valence-electron chi connectivity index (χ2n) is 9.20. The Balaban J connectivity index is 1.45. The van der Waals surface area contributed by atoms with Gasteiger partial charge in [-0.05, 0) is 58.0 Å². The highest BCUT2D eigenvalue weighted by molar-refractivity contribution is 5.94. The molecule has 4 rings (SSSR count). The van der Waals surface area contributed by atoms with Crippen LogP contribution in [0, 0.1) is 23.2 Å². The van der Waals surface area contributed by atoms with Gasteiger partial charge in [-0.1, -0.05) is 12.8 Å². The van der Waals surface area contributed by atoms with E-state index >= 15 is 0 Å². The summed E-state index contributed by atoms with van der Waals surface area (Å²) < 4.78 is 0. The second kappa shape index (κ2) is 7.94. The van der Waals surface area contributed by atoms with Crippen LogP contribution in [0.5, 0.6) is 0 Å². The van der Waals surface area contributed by atoms with E-state index in [2.05, 4.69) is 21.6 Å². The minimum atomic E-state index is -0.709. The fourth-order valence-corrected chi connectivity index (χ4v) is 5.29. The van der Waals surface area contributed by atoms with Crippen molar-refractivity contribution in [2.45, 2.75) is 69.0 Å².